The van der Waals surface area contributed by atoms with Crippen molar-refractivity contribution in [2.75, 3.05) is 46.6 Å². The Labute approximate surface area is 229 Å². The molecule has 0 unspecified atom stereocenters. The van der Waals surface area contributed by atoms with Gasteiger partial charge in [0.15, 0.2) is 5.69 Å². The molecule has 12 heteroatoms. The van der Waals surface area contributed by atoms with Gasteiger partial charge in [-0.2, -0.15) is 18.3 Å². The molecule has 0 bridgehead atoms. The first-order valence-electron chi connectivity index (χ1n) is 12.9. The highest BCUT2D eigenvalue weighted by molar-refractivity contribution is 6.34. The van der Waals surface area contributed by atoms with Crippen LogP contribution in [0.5, 0.6) is 5.75 Å². The highest BCUT2D eigenvalue weighted by Gasteiger charge is 2.46. The van der Waals surface area contributed by atoms with E-state index in [1.165, 1.54) is 13.3 Å². The lowest BCUT2D eigenvalue weighted by atomic mass is 9.77. The van der Waals surface area contributed by atoms with Crippen molar-refractivity contribution in [3.63, 3.8) is 0 Å². The summed E-state index contributed by atoms with van der Waals surface area (Å²) in [4.78, 5) is 5.27. The van der Waals surface area contributed by atoms with Crippen molar-refractivity contribution in [2.45, 2.75) is 44.2 Å². The van der Waals surface area contributed by atoms with Crippen LogP contribution < -0.4 is 4.74 Å². The molecule has 0 atom stereocenters. The number of hydrogen-bond donors (Lipinski definition) is 2. The molecule has 1 aliphatic carbocycles. The standard InChI is InChI=1S/C27H32ClF3N4O4/c1-26(36)12-17(13-26)35-25(27(29,30)31)20(15-33-35)24-21(16-37-2)19(14-32-24)18-4-3-5-22(23(18)28)39-11-8-34-6-9-38-10-7-34/h3-5,14-15,17,32,36H,6-13,16H2,1-2H3/t17-,26-. The van der Waals surface area contributed by atoms with E-state index < -0.39 is 23.5 Å². The van der Waals surface area contributed by atoms with Crippen LogP contribution in [0.2, 0.25) is 5.02 Å². The summed E-state index contributed by atoms with van der Waals surface area (Å²) in [5, 5.41) is 14.6. The molecule has 0 amide bonds. The van der Waals surface area contributed by atoms with Crippen molar-refractivity contribution >= 4 is 11.6 Å². The third kappa shape index (κ3) is 5.83. The number of methoxy groups -OCH3 is 1. The van der Waals surface area contributed by atoms with Gasteiger partial charge in [0.25, 0.3) is 0 Å². The molecule has 1 aromatic carbocycles. The number of ether oxygens (including phenoxy) is 3. The predicted molar refractivity (Wildman–Crippen MR) is 140 cm³/mol. The SMILES string of the molecule is COCc1c(-c2cccc(OCCN3CCOCC3)c2Cl)c[nH]c1-c1cnn([C@H]2C[C@](C)(O)C2)c1C(F)(F)F. The van der Waals surface area contributed by atoms with Crippen LogP contribution >= 0.6 is 11.6 Å². The first kappa shape index (κ1) is 28.0. The van der Waals surface area contributed by atoms with E-state index in [9.17, 15) is 18.3 Å². The van der Waals surface area contributed by atoms with Crippen molar-refractivity contribution in [3.05, 3.63) is 46.9 Å². The van der Waals surface area contributed by atoms with Gasteiger partial charge in [-0.1, -0.05) is 23.7 Å². The van der Waals surface area contributed by atoms with Gasteiger partial charge >= 0.3 is 6.18 Å². The summed E-state index contributed by atoms with van der Waals surface area (Å²) in [5.41, 5.74) is 0.0733. The van der Waals surface area contributed by atoms with Crippen molar-refractivity contribution in [1.82, 2.24) is 19.7 Å². The number of H-pyrrole nitrogens is 1. The molecular weight excluding hydrogens is 537 g/mol. The molecular formula is C27H32ClF3N4O4. The van der Waals surface area contributed by atoms with E-state index >= 15 is 0 Å². The van der Waals surface area contributed by atoms with Crippen LogP contribution in [0.3, 0.4) is 0 Å². The number of morpholine rings is 1. The number of aromatic amines is 1. The Balaban J connectivity index is 1.46. The maximum Gasteiger partial charge on any atom is 0.433 e. The predicted octanol–water partition coefficient (Wildman–Crippen LogP) is 5.16. The molecule has 2 aliphatic rings. The summed E-state index contributed by atoms with van der Waals surface area (Å²) in [5.74, 6) is 0.495. The average Bonchev–Trinajstić information content (AvgIpc) is 3.49. The van der Waals surface area contributed by atoms with Crippen molar-refractivity contribution in [3.8, 4) is 28.1 Å². The van der Waals surface area contributed by atoms with Gasteiger partial charge < -0.3 is 24.3 Å². The van der Waals surface area contributed by atoms with Crippen LogP contribution in [0.1, 0.15) is 37.1 Å². The summed E-state index contributed by atoms with van der Waals surface area (Å²) < 4.78 is 60.8. The minimum absolute atomic E-state index is 0.0488. The minimum atomic E-state index is -4.66. The minimum Gasteiger partial charge on any atom is -0.491 e. The molecule has 2 N–H and O–H groups in total. The van der Waals surface area contributed by atoms with Crippen molar-refractivity contribution in [1.29, 1.82) is 0 Å². The number of nitrogens with one attached hydrogen (secondary N) is 1. The molecule has 0 spiro atoms. The van der Waals surface area contributed by atoms with E-state index in [2.05, 4.69) is 15.0 Å². The van der Waals surface area contributed by atoms with Crippen LogP contribution in [0.4, 0.5) is 13.2 Å². The van der Waals surface area contributed by atoms with Crippen LogP contribution in [0, 0.1) is 0 Å². The molecule has 3 aromatic rings. The molecule has 0 radical (unpaired) electrons. The zero-order chi connectivity index (χ0) is 27.8. The number of alkyl halides is 3. The van der Waals surface area contributed by atoms with Gasteiger partial charge in [-0.15, -0.1) is 0 Å². The largest absolute Gasteiger partial charge is 0.491 e. The van der Waals surface area contributed by atoms with E-state index in [4.69, 9.17) is 25.8 Å². The van der Waals surface area contributed by atoms with Crippen molar-refractivity contribution < 1.29 is 32.5 Å². The lowest BCUT2D eigenvalue weighted by molar-refractivity contribution is -0.148. The van der Waals surface area contributed by atoms with Crippen LogP contribution in [-0.4, -0.2) is 76.9 Å². The second kappa shape index (κ2) is 11.1. The average molecular weight is 569 g/mol. The Morgan fingerprint density at radius 1 is 1.21 bits per heavy atom. The van der Waals surface area contributed by atoms with Crippen LogP contribution in [-0.2, 0) is 22.3 Å². The number of rotatable bonds is 9. The summed E-state index contributed by atoms with van der Waals surface area (Å²) in [6.07, 6.45) is -1.40. The second-order valence-electron chi connectivity index (χ2n) is 10.3. The van der Waals surface area contributed by atoms with Gasteiger partial charge in [-0.05, 0) is 25.8 Å². The monoisotopic (exact) mass is 568 g/mol. The van der Waals surface area contributed by atoms with E-state index in [-0.39, 0.29) is 30.7 Å². The highest BCUT2D eigenvalue weighted by atomic mass is 35.5. The Hall–Kier alpha value is -2.57. The van der Waals surface area contributed by atoms with E-state index in [1.807, 2.05) is 0 Å². The fourth-order valence-electron chi connectivity index (χ4n) is 5.40. The quantitative estimate of drug-likeness (QED) is 0.371. The summed E-state index contributed by atoms with van der Waals surface area (Å²) in [7, 11) is 1.48. The summed E-state index contributed by atoms with van der Waals surface area (Å²) in [6, 6.07) is 4.84. The number of halogens is 4. The Bertz CT molecular complexity index is 1290. The topological polar surface area (TPSA) is 84.8 Å². The maximum atomic E-state index is 14.3. The molecule has 5 rings (SSSR count). The highest BCUT2D eigenvalue weighted by Crippen LogP contribution is 2.47. The first-order chi connectivity index (χ1) is 18.6. The maximum absolute atomic E-state index is 14.3. The normalized spacial score (nSPS) is 22.2. The van der Waals surface area contributed by atoms with E-state index in [1.54, 1.807) is 31.3 Å². The molecule has 2 aromatic heterocycles. The first-order valence-corrected chi connectivity index (χ1v) is 13.3. The molecule has 39 heavy (non-hydrogen) atoms. The number of nitrogens with zero attached hydrogens (tertiary/aromatic N) is 3. The number of aromatic nitrogens is 3. The lowest BCUT2D eigenvalue weighted by Crippen LogP contribution is -2.43. The zero-order valence-electron chi connectivity index (χ0n) is 21.9. The molecule has 1 aliphatic heterocycles. The van der Waals surface area contributed by atoms with Crippen LogP contribution in [0.15, 0.2) is 30.6 Å². The number of benzene rings is 1. The van der Waals surface area contributed by atoms with Gasteiger partial charge in [0.2, 0.25) is 0 Å². The molecule has 2 fully saturated rings. The lowest BCUT2D eigenvalue weighted by Gasteiger charge is -2.41. The number of hydrogen-bond acceptors (Lipinski definition) is 6. The molecule has 1 saturated carbocycles. The third-order valence-corrected chi connectivity index (χ3v) is 7.72. The zero-order valence-corrected chi connectivity index (χ0v) is 22.6. The van der Waals surface area contributed by atoms with Gasteiger partial charge in [-0.3, -0.25) is 9.58 Å². The molecule has 8 nitrogen and oxygen atoms in total. The van der Waals surface area contributed by atoms with Gasteiger partial charge in [0.05, 0.1) is 48.4 Å². The summed E-state index contributed by atoms with van der Waals surface area (Å²) in [6.45, 7) is 5.92. The molecule has 3 heterocycles. The van der Waals surface area contributed by atoms with Gasteiger partial charge in [0, 0.05) is 55.2 Å². The Morgan fingerprint density at radius 2 is 1.95 bits per heavy atom. The summed E-state index contributed by atoms with van der Waals surface area (Å²) >= 11 is 6.76. The van der Waals surface area contributed by atoms with E-state index in [0.29, 0.717) is 47.3 Å². The van der Waals surface area contributed by atoms with Crippen molar-refractivity contribution in [2.24, 2.45) is 0 Å². The van der Waals surface area contributed by atoms with E-state index in [0.717, 1.165) is 24.3 Å². The van der Waals surface area contributed by atoms with Gasteiger partial charge in [0.1, 0.15) is 12.4 Å². The molecule has 212 valence electrons. The smallest absolute Gasteiger partial charge is 0.433 e. The Morgan fingerprint density at radius 3 is 2.62 bits per heavy atom. The Kier molecular flexibility index (Phi) is 7.98. The van der Waals surface area contributed by atoms with Crippen LogP contribution in [0.25, 0.3) is 22.4 Å². The third-order valence-electron chi connectivity index (χ3n) is 7.33. The fraction of sp³-hybridized carbons (Fsp3) is 0.519. The number of aliphatic hydroxyl groups is 1. The fourth-order valence-corrected chi connectivity index (χ4v) is 5.68. The second-order valence-corrected chi connectivity index (χ2v) is 10.7. The molecule has 1 saturated heterocycles. The van der Waals surface area contributed by atoms with Gasteiger partial charge in [-0.25, -0.2) is 0 Å².